The van der Waals surface area contributed by atoms with Gasteiger partial charge in [-0.15, -0.1) is 0 Å². The maximum Gasteiger partial charge on any atom is 0.317 e. The Bertz CT molecular complexity index is 584. The van der Waals surface area contributed by atoms with Gasteiger partial charge in [-0.05, 0) is 44.2 Å². The van der Waals surface area contributed by atoms with Crippen molar-refractivity contribution < 1.29 is 14.6 Å². The van der Waals surface area contributed by atoms with E-state index in [0.717, 1.165) is 12.8 Å². The van der Waals surface area contributed by atoms with E-state index < -0.39 is 6.10 Å². The number of nitrogens with zero attached hydrogens (tertiary/aromatic N) is 1. The Morgan fingerprint density at radius 3 is 2.88 bits per heavy atom. The maximum atomic E-state index is 12.7. The molecule has 0 radical (unpaired) electrons. The van der Waals surface area contributed by atoms with Crippen molar-refractivity contribution in [1.29, 1.82) is 0 Å². The number of rotatable bonds is 5. The summed E-state index contributed by atoms with van der Waals surface area (Å²) in [5, 5.41) is 12.8. The van der Waals surface area contributed by atoms with Gasteiger partial charge in [-0.1, -0.05) is 24.3 Å². The molecule has 1 aromatic rings. The van der Waals surface area contributed by atoms with E-state index in [1.165, 1.54) is 11.1 Å². The number of carbonyl (C=O) groups excluding carboxylic acids is 1. The lowest BCUT2D eigenvalue weighted by Crippen LogP contribution is -2.54. The van der Waals surface area contributed by atoms with E-state index >= 15 is 0 Å². The maximum absolute atomic E-state index is 12.7. The minimum Gasteiger partial charge on any atom is -0.393 e. The second-order valence-electron chi connectivity index (χ2n) is 7.26. The average molecular weight is 332 g/mol. The summed E-state index contributed by atoms with van der Waals surface area (Å²) < 4.78 is 5.47. The first-order valence-corrected chi connectivity index (χ1v) is 8.88. The second-order valence-corrected chi connectivity index (χ2v) is 7.26. The first kappa shape index (κ1) is 17.2. The average Bonchev–Trinajstić information content (AvgIpc) is 3.34. The Hall–Kier alpha value is -1.59. The molecule has 24 heavy (non-hydrogen) atoms. The summed E-state index contributed by atoms with van der Waals surface area (Å²) in [6.45, 7) is 6.21. The van der Waals surface area contributed by atoms with Crippen LogP contribution in [0.15, 0.2) is 24.3 Å². The van der Waals surface area contributed by atoms with Gasteiger partial charge in [-0.2, -0.15) is 0 Å². The van der Waals surface area contributed by atoms with Crippen molar-refractivity contribution in [2.24, 2.45) is 0 Å². The number of morpholine rings is 1. The number of nitrogens with one attached hydrogen (secondary N) is 1. The van der Waals surface area contributed by atoms with Gasteiger partial charge in [-0.3, -0.25) is 0 Å². The van der Waals surface area contributed by atoms with Crippen LogP contribution in [0.5, 0.6) is 0 Å². The molecule has 5 heteroatoms. The smallest absolute Gasteiger partial charge is 0.317 e. The van der Waals surface area contributed by atoms with E-state index in [1.54, 1.807) is 6.92 Å². The molecular formula is C19H28N2O3. The van der Waals surface area contributed by atoms with Gasteiger partial charge < -0.3 is 20.1 Å². The largest absolute Gasteiger partial charge is 0.393 e. The minimum absolute atomic E-state index is 0.0381. The topological polar surface area (TPSA) is 61.8 Å². The number of ether oxygens (including phenoxy) is 1. The summed E-state index contributed by atoms with van der Waals surface area (Å²) in [4.78, 5) is 14.5. The fourth-order valence-electron chi connectivity index (χ4n) is 3.72. The predicted octanol–water partition coefficient (Wildman–Crippen LogP) is 2.21. The molecule has 1 aromatic carbocycles. The van der Waals surface area contributed by atoms with Crippen LogP contribution in [0.2, 0.25) is 0 Å². The van der Waals surface area contributed by atoms with Gasteiger partial charge in [0.15, 0.2) is 0 Å². The van der Waals surface area contributed by atoms with Crippen molar-refractivity contribution in [3.8, 4) is 0 Å². The number of amides is 2. The molecule has 0 spiro atoms. The van der Waals surface area contributed by atoms with E-state index in [-0.39, 0.29) is 17.5 Å². The lowest BCUT2D eigenvalue weighted by Gasteiger charge is -2.36. The lowest BCUT2D eigenvalue weighted by molar-refractivity contribution is -0.00438. The Morgan fingerprint density at radius 1 is 1.46 bits per heavy atom. The lowest BCUT2D eigenvalue weighted by atomic mass is 9.92. The molecule has 0 aromatic heterocycles. The zero-order valence-electron chi connectivity index (χ0n) is 14.6. The number of aliphatic hydroxyl groups is 1. The second kappa shape index (κ2) is 7.11. The number of hydrogen-bond acceptors (Lipinski definition) is 3. The van der Waals surface area contributed by atoms with Crippen LogP contribution < -0.4 is 5.32 Å². The zero-order valence-corrected chi connectivity index (χ0v) is 14.6. The summed E-state index contributed by atoms with van der Waals surface area (Å²) in [5.41, 5.74) is 2.75. The van der Waals surface area contributed by atoms with Crippen LogP contribution in [-0.4, -0.2) is 54.5 Å². The first-order valence-electron chi connectivity index (χ1n) is 8.88. The molecule has 0 unspecified atom stereocenters. The molecule has 2 fully saturated rings. The Kier molecular flexibility index (Phi) is 5.11. The first-order chi connectivity index (χ1) is 11.5. The molecule has 132 valence electrons. The highest BCUT2D eigenvalue weighted by molar-refractivity contribution is 5.75. The van der Waals surface area contributed by atoms with Crippen molar-refractivity contribution in [2.45, 2.75) is 50.7 Å². The van der Waals surface area contributed by atoms with Gasteiger partial charge in [-0.25, -0.2) is 4.79 Å². The van der Waals surface area contributed by atoms with E-state index in [0.29, 0.717) is 32.7 Å². The third-order valence-corrected chi connectivity index (χ3v) is 5.25. The van der Waals surface area contributed by atoms with Gasteiger partial charge in [0.1, 0.15) is 0 Å². The van der Waals surface area contributed by atoms with Crippen molar-refractivity contribution >= 4 is 6.03 Å². The third kappa shape index (κ3) is 3.73. The van der Waals surface area contributed by atoms with Crippen LogP contribution in [0.4, 0.5) is 4.79 Å². The van der Waals surface area contributed by atoms with Crippen LogP contribution in [0.1, 0.15) is 37.3 Å². The zero-order chi connectivity index (χ0) is 17.2. The van der Waals surface area contributed by atoms with E-state index in [1.807, 2.05) is 4.90 Å². The Balaban J connectivity index is 1.61. The van der Waals surface area contributed by atoms with Crippen LogP contribution in [-0.2, 0) is 10.2 Å². The monoisotopic (exact) mass is 332 g/mol. The van der Waals surface area contributed by atoms with E-state index in [9.17, 15) is 9.90 Å². The molecule has 1 aliphatic heterocycles. The number of urea groups is 1. The van der Waals surface area contributed by atoms with Crippen molar-refractivity contribution in [1.82, 2.24) is 10.2 Å². The molecular weight excluding hydrogens is 304 g/mol. The minimum atomic E-state index is -0.436. The summed E-state index contributed by atoms with van der Waals surface area (Å²) in [5.74, 6) is 0. The molecule has 0 bridgehead atoms. The fraction of sp³-hybridized carbons (Fsp3) is 0.632. The summed E-state index contributed by atoms with van der Waals surface area (Å²) in [6, 6.07) is 8.36. The molecule has 1 heterocycles. The predicted molar refractivity (Wildman–Crippen MR) is 93.1 cm³/mol. The molecule has 1 aliphatic carbocycles. The molecule has 2 amide bonds. The molecule has 2 aliphatic rings. The molecule has 3 rings (SSSR count). The highest BCUT2D eigenvalue weighted by Gasteiger charge is 2.45. The van der Waals surface area contributed by atoms with Crippen molar-refractivity contribution in [2.75, 3.05) is 26.3 Å². The number of hydrogen-bond donors (Lipinski definition) is 2. The van der Waals surface area contributed by atoms with Gasteiger partial charge in [0, 0.05) is 18.5 Å². The summed E-state index contributed by atoms with van der Waals surface area (Å²) in [7, 11) is 0. The normalized spacial score (nSPS) is 23.6. The number of aryl methyl sites for hydroxylation is 1. The standard InChI is InChI=1S/C19H28N2O3/c1-14-5-3-4-6-17(14)19(7-8-19)13-20-18(23)21-9-10-24-12-16(21)11-15(2)22/h3-6,15-16,22H,7-13H2,1-2H3,(H,20,23)/t15-,16-/m1/s1. The number of aliphatic hydroxyl groups excluding tert-OH is 1. The van der Waals surface area contributed by atoms with Gasteiger partial charge >= 0.3 is 6.03 Å². The Morgan fingerprint density at radius 2 is 2.21 bits per heavy atom. The van der Waals surface area contributed by atoms with Crippen LogP contribution in [0, 0.1) is 6.92 Å². The van der Waals surface area contributed by atoms with Gasteiger partial charge in [0.25, 0.3) is 0 Å². The number of benzene rings is 1. The third-order valence-electron chi connectivity index (χ3n) is 5.25. The van der Waals surface area contributed by atoms with E-state index in [4.69, 9.17) is 4.74 Å². The molecule has 1 saturated carbocycles. The van der Waals surface area contributed by atoms with E-state index in [2.05, 4.69) is 36.5 Å². The van der Waals surface area contributed by atoms with Crippen LogP contribution in [0.25, 0.3) is 0 Å². The SMILES string of the molecule is Cc1ccccc1C1(CNC(=O)N2CCOC[C@H]2C[C@@H](C)O)CC1. The molecule has 1 saturated heterocycles. The van der Waals surface area contributed by atoms with Crippen LogP contribution >= 0.6 is 0 Å². The quantitative estimate of drug-likeness (QED) is 0.869. The van der Waals surface area contributed by atoms with Crippen molar-refractivity contribution in [3.05, 3.63) is 35.4 Å². The van der Waals surface area contributed by atoms with Crippen LogP contribution in [0.3, 0.4) is 0 Å². The molecule has 2 N–H and O–H groups in total. The molecule has 5 nitrogen and oxygen atoms in total. The summed E-state index contributed by atoms with van der Waals surface area (Å²) in [6.07, 6.45) is 2.36. The fourth-order valence-corrected chi connectivity index (χ4v) is 3.72. The molecule has 2 atom stereocenters. The summed E-state index contributed by atoms with van der Waals surface area (Å²) >= 11 is 0. The number of carbonyl (C=O) groups is 1. The van der Waals surface area contributed by atoms with Gasteiger partial charge in [0.05, 0.1) is 25.4 Å². The highest BCUT2D eigenvalue weighted by atomic mass is 16.5. The van der Waals surface area contributed by atoms with Crippen molar-refractivity contribution in [3.63, 3.8) is 0 Å². The highest BCUT2D eigenvalue weighted by Crippen LogP contribution is 2.48. The Labute approximate surface area is 144 Å². The van der Waals surface area contributed by atoms with Gasteiger partial charge in [0.2, 0.25) is 0 Å².